The first-order chi connectivity index (χ1) is 14.3. The largest absolute Gasteiger partial charge is 0.468 e. The molecule has 0 spiro atoms. The van der Waals surface area contributed by atoms with Gasteiger partial charge in [0.15, 0.2) is 0 Å². The van der Waals surface area contributed by atoms with Crippen molar-refractivity contribution in [2.75, 3.05) is 26.2 Å². The molecule has 1 aromatic carbocycles. The average molecular weight is 414 g/mol. The minimum Gasteiger partial charge on any atom is -0.468 e. The van der Waals surface area contributed by atoms with Crippen LogP contribution in [0.1, 0.15) is 32.1 Å². The molecule has 0 radical (unpaired) electrons. The Balaban J connectivity index is 1.61. The van der Waals surface area contributed by atoms with Crippen molar-refractivity contribution in [3.8, 4) is 0 Å². The number of furan rings is 1. The van der Waals surface area contributed by atoms with E-state index in [4.69, 9.17) is 9.15 Å². The molecular weight excluding hydrogens is 382 g/mol. The number of nitrogens with zero attached hydrogens (tertiary/aromatic N) is 2. The molecule has 162 valence electrons. The molecule has 7 heteroatoms. The first-order valence-electron chi connectivity index (χ1n) is 10.4. The molecule has 30 heavy (non-hydrogen) atoms. The van der Waals surface area contributed by atoms with E-state index in [0.29, 0.717) is 19.5 Å². The number of nitrogens with one attached hydrogen (secondary N) is 1. The van der Waals surface area contributed by atoms with Gasteiger partial charge in [0, 0.05) is 32.6 Å². The molecule has 1 saturated heterocycles. The van der Waals surface area contributed by atoms with Crippen molar-refractivity contribution in [1.82, 2.24) is 15.1 Å². The number of carbonyl (C=O) groups excluding carboxylic acids is 2. The number of rotatable bonds is 6. The van der Waals surface area contributed by atoms with E-state index in [-0.39, 0.29) is 5.91 Å². The molecule has 0 aliphatic carbocycles. The maximum Gasteiger partial charge on any atom is 0.408 e. The molecular formula is C23H31N3O4. The number of hydrogen-bond acceptors (Lipinski definition) is 5. The highest BCUT2D eigenvalue weighted by atomic mass is 16.6. The van der Waals surface area contributed by atoms with Crippen molar-refractivity contribution in [3.05, 3.63) is 60.1 Å². The number of benzene rings is 1. The summed E-state index contributed by atoms with van der Waals surface area (Å²) in [5.41, 5.74) is 0.366. The average Bonchev–Trinajstić information content (AvgIpc) is 3.20. The normalized spacial score (nSPS) is 16.2. The van der Waals surface area contributed by atoms with E-state index in [1.165, 1.54) is 0 Å². The van der Waals surface area contributed by atoms with Gasteiger partial charge in [-0.15, -0.1) is 0 Å². The summed E-state index contributed by atoms with van der Waals surface area (Å²) >= 11 is 0. The summed E-state index contributed by atoms with van der Waals surface area (Å²) in [4.78, 5) is 29.7. The van der Waals surface area contributed by atoms with Gasteiger partial charge in [0.1, 0.15) is 17.4 Å². The maximum atomic E-state index is 13.2. The standard InChI is InChI=1S/C23H31N3O4/c1-23(2,3)30-22(28)24-20(16-18-8-5-4-6-9-18)21(27)26-13-11-25(12-14-26)17-19-10-7-15-29-19/h4-10,15,20H,11-14,16-17H2,1-3H3,(H,24,28)/t20-/m0/s1. The van der Waals surface area contributed by atoms with E-state index in [2.05, 4.69) is 10.2 Å². The van der Waals surface area contributed by atoms with E-state index in [1.54, 1.807) is 27.0 Å². The lowest BCUT2D eigenvalue weighted by atomic mass is 10.0. The minimum atomic E-state index is -0.668. The summed E-state index contributed by atoms with van der Waals surface area (Å²) < 4.78 is 10.8. The van der Waals surface area contributed by atoms with Gasteiger partial charge in [0.25, 0.3) is 0 Å². The summed E-state index contributed by atoms with van der Waals surface area (Å²) in [5, 5.41) is 2.79. The Morgan fingerprint density at radius 3 is 2.37 bits per heavy atom. The van der Waals surface area contributed by atoms with Gasteiger partial charge in [-0.3, -0.25) is 9.69 Å². The van der Waals surface area contributed by atoms with Gasteiger partial charge < -0.3 is 19.4 Å². The fourth-order valence-corrected chi connectivity index (χ4v) is 3.47. The zero-order valence-electron chi connectivity index (χ0n) is 18.0. The van der Waals surface area contributed by atoms with Crippen LogP contribution in [0.5, 0.6) is 0 Å². The van der Waals surface area contributed by atoms with Gasteiger partial charge in [-0.2, -0.15) is 0 Å². The molecule has 2 amide bonds. The monoisotopic (exact) mass is 413 g/mol. The number of carbonyl (C=O) groups is 2. The van der Waals surface area contributed by atoms with Crippen LogP contribution < -0.4 is 5.32 Å². The summed E-state index contributed by atoms with van der Waals surface area (Å²) in [6, 6.07) is 12.9. The van der Waals surface area contributed by atoms with Crippen molar-refractivity contribution in [1.29, 1.82) is 0 Å². The second kappa shape index (κ2) is 9.80. The summed E-state index contributed by atoms with van der Waals surface area (Å²) in [7, 11) is 0. The first-order valence-corrected chi connectivity index (χ1v) is 10.4. The predicted molar refractivity (Wildman–Crippen MR) is 114 cm³/mol. The molecule has 1 fully saturated rings. The van der Waals surface area contributed by atoms with Crippen molar-refractivity contribution >= 4 is 12.0 Å². The molecule has 1 N–H and O–H groups in total. The van der Waals surface area contributed by atoms with Crippen molar-refractivity contribution in [2.24, 2.45) is 0 Å². The molecule has 0 saturated carbocycles. The fraction of sp³-hybridized carbons (Fsp3) is 0.478. The number of ether oxygens (including phenoxy) is 1. The van der Waals surface area contributed by atoms with Crippen LogP contribution in [0.4, 0.5) is 4.79 Å². The van der Waals surface area contributed by atoms with E-state index in [1.807, 2.05) is 47.4 Å². The SMILES string of the molecule is CC(C)(C)OC(=O)N[C@@H](Cc1ccccc1)C(=O)N1CCN(Cc2ccco2)CC1. The summed E-state index contributed by atoms with van der Waals surface area (Å²) in [6.45, 7) is 8.89. The molecule has 1 aromatic heterocycles. The van der Waals surface area contributed by atoms with E-state index in [0.717, 1.165) is 31.0 Å². The molecule has 1 aliphatic heterocycles. The van der Waals surface area contributed by atoms with Crippen LogP contribution >= 0.6 is 0 Å². The topological polar surface area (TPSA) is 75.0 Å². The molecule has 3 rings (SSSR count). The van der Waals surface area contributed by atoms with Crippen molar-refractivity contribution < 1.29 is 18.7 Å². The highest BCUT2D eigenvalue weighted by Crippen LogP contribution is 2.13. The maximum absolute atomic E-state index is 13.2. The lowest BCUT2D eigenvalue weighted by molar-refractivity contribution is -0.135. The summed E-state index contributed by atoms with van der Waals surface area (Å²) in [6.07, 6.45) is 1.52. The zero-order chi connectivity index (χ0) is 21.6. The fourth-order valence-electron chi connectivity index (χ4n) is 3.47. The molecule has 7 nitrogen and oxygen atoms in total. The Bertz CT molecular complexity index is 807. The second-order valence-corrected chi connectivity index (χ2v) is 8.57. The molecule has 0 unspecified atom stereocenters. The molecule has 2 heterocycles. The highest BCUT2D eigenvalue weighted by molar-refractivity contribution is 5.86. The lowest BCUT2D eigenvalue weighted by Gasteiger charge is -2.36. The van der Waals surface area contributed by atoms with Crippen LogP contribution in [0.25, 0.3) is 0 Å². The smallest absolute Gasteiger partial charge is 0.408 e. The number of hydrogen-bond donors (Lipinski definition) is 1. The highest BCUT2D eigenvalue weighted by Gasteiger charge is 2.30. The lowest BCUT2D eigenvalue weighted by Crippen LogP contribution is -2.55. The molecule has 1 atom stereocenters. The third-order valence-electron chi connectivity index (χ3n) is 4.92. The minimum absolute atomic E-state index is 0.0811. The number of piperazine rings is 1. The van der Waals surface area contributed by atoms with Crippen LogP contribution in [0.15, 0.2) is 53.1 Å². The third kappa shape index (κ3) is 6.62. The van der Waals surface area contributed by atoms with Crippen LogP contribution in [0.2, 0.25) is 0 Å². The summed E-state index contributed by atoms with van der Waals surface area (Å²) in [5.74, 6) is 0.839. The van der Waals surface area contributed by atoms with Gasteiger partial charge in [-0.25, -0.2) is 4.79 Å². The molecule has 2 aromatic rings. The van der Waals surface area contributed by atoms with E-state index in [9.17, 15) is 9.59 Å². The van der Waals surface area contributed by atoms with E-state index < -0.39 is 17.7 Å². The Morgan fingerprint density at radius 1 is 1.07 bits per heavy atom. The second-order valence-electron chi connectivity index (χ2n) is 8.57. The third-order valence-corrected chi connectivity index (χ3v) is 4.92. The number of alkyl carbamates (subject to hydrolysis) is 1. The zero-order valence-corrected chi connectivity index (χ0v) is 18.0. The molecule has 1 aliphatic rings. The van der Waals surface area contributed by atoms with Crippen LogP contribution in [-0.4, -0.2) is 59.6 Å². The van der Waals surface area contributed by atoms with Gasteiger partial charge >= 0.3 is 6.09 Å². The van der Waals surface area contributed by atoms with Gasteiger partial charge in [-0.05, 0) is 38.5 Å². The van der Waals surface area contributed by atoms with Crippen LogP contribution in [0.3, 0.4) is 0 Å². The van der Waals surface area contributed by atoms with Gasteiger partial charge in [0.05, 0.1) is 12.8 Å². The number of amides is 2. The van der Waals surface area contributed by atoms with Crippen LogP contribution in [-0.2, 0) is 22.5 Å². The molecule has 0 bridgehead atoms. The Hall–Kier alpha value is -2.80. The van der Waals surface area contributed by atoms with Crippen molar-refractivity contribution in [3.63, 3.8) is 0 Å². The Morgan fingerprint density at radius 2 is 1.77 bits per heavy atom. The van der Waals surface area contributed by atoms with Crippen molar-refractivity contribution in [2.45, 2.75) is 45.4 Å². The van der Waals surface area contributed by atoms with Gasteiger partial charge in [-0.1, -0.05) is 30.3 Å². The van der Waals surface area contributed by atoms with E-state index >= 15 is 0 Å². The van der Waals surface area contributed by atoms with Crippen LogP contribution in [0, 0.1) is 0 Å². The first kappa shape index (κ1) is 21.9. The Labute approximate surface area is 178 Å². The predicted octanol–water partition coefficient (Wildman–Crippen LogP) is 3.06. The quantitative estimate of drug-likeness (QED) is 0.788. The van der Waals surface area contributed by atoms with Gasteiger partial charge in [0.2, 0.25) is 5.91 Å². The Kier molecular flexibility index (Phi) is 7.15.